The molecule has 3 aromatic carbocycles. The number of carbonyl (C=O) groups is 2. The molecule has 0 fully saturated rings. The van der Waals surface area contributed by atoms with E-state index in [0.29, 0.717) is 54.1 Å². The maximum Gasteiger partial charge on any atom is 0.337 e. The molecule has 0 aromatic heterocycles. The fourth-order valence-electron chi connectivity index (χ4n) is 4.84. The van der Waals surface area contributed by atoms with E-state index in [4.69, 9.17) is 23.7 Å². The van der Waals surface area contributed by atoms with Crippen LogP contribution in [0.1, 0.15) is 49.1 Å². The SMILES string of the molecule is CCOc1cc([C@H]2NC(=O)NC(C)=C2C(=O)OC)ccc1OC[C@H](O)N/N=C\c1cc(I)c(OCc2cccc(C)c2)c(OCC)c1. The number of hydrogen-bond donors (Lipinski definition) is 4. The van der Waals surface area contributed by atoms with Crippen LogP contribution in [-0.2, 0) is 16.1 Å². The number of nitrogens with one attached hydrogen (secondary N) is 3. The molecule has 2 amide bonds. The lowest BCUT2D eigenvalue weighted by Gasteiger charge is -2.28. The van der Waals surface area contributed by atoms with Crippen molar-refractivity contribution < 1.29 is 38.4 Å². The quantitative estimate of drug-likeness (QED) is 0.0547. The molecular formula is C34H39IN4O8. The van der Waals surface area contributed by atoms with Crippen molar-refractivity contribution in [3.05, 3.63) is 91.7 Å². The van der Waals surface area contributed by atoms with Gasteiger partial charge in [0.15, 0.2) is 29.2 Å². The number of urea groups is 1. The van der Waals surface area contributed by atoms with Crippen molar-refractivity contribution in [2.45, 2.75) is 46.6 Å². The average Bonchev–Trinajstić information content (AvgIpc) is 3.03. The van der Waals surface area contributed by atoms with Gasteiger partial charge in [0.25, 0.3) is 0 Å². The summed E-state index contributed by atoms with van der Waals surface area (Å²) in [6, 6.07) is 15.7. The van der Waals surface area contributed by atoms with Crippen LogP contribution >= 0.6 is 22.6 Å². The number of methoxy groups -OCH3 is 1. The Balaban J connectivity index is 1.40. The number of benzene rings is 3. The van der Waals surface area contributed by atoms with Gasteiger partial charge in [-0.25, -0.2) is 9.59 Å². The second kappa shape index (κ2) is 16.9. The van der Waals surface area contributed by atoms with E-state index < -0.39 is 24.3 Å². The first-order valence-corrected chi connectivity index (χ1v) is 16.1. The summed E-state index contributed by atoms with van der Waals surface area (Å²) in [4.78, 5) is 24.7. The van der Waals surface area contributed by atoms with Gasteiger partial charge < -0.3 is 39.4 Å². The molecular weight excluding hydrogens is 719 g/mol. The number of hydrogen-bond acceptors (Lipinski definition) is 10. The first kappa shape index (κ1) is 35.4. The summed E-state index contributed by atoms with van der Waals surface area (Å²) in [5.74, 6) is 1.41. The van der Waals surface area contributed by atoms with Crippen LogP contribution in [0.4, 0.5) is 4.79 Å². The summed E-state index contributed by atoms with van der Waals surface area (Å²) < 4.78 is 29.4. The number of nitrogens with zero attached hydrogens (tertiary/aromatic N) is 1. The highest BCUT2D eigenvalue weighted by molar-refractivity contribution is 14.1. The summed E-state index contributed by atoms with van der Waals surface area (Å²) in [7, 11) is 1.28. The fourth-order valence-corrected chi connectivity index (χ4v) is 5.62. The Morgan fingerprint density at radius 3 is 2.51 bits per heavy atom. The maximum absolute atomic E-state index is 12.5. The monoisotopic (exact) mass is 758 g/mol. The molecule has 1 heterocycles. The van der Waals surface area contributed by atoms with Crippen LogP contribution in [0.3, 0.4) is 0 Å². The zero-order chi connectivity index (χ0) is 33.9. The number of amides is 2. The third kappa shape index (κ3) is 9.51. The number of halogens is 1. The largest absolute Gasteiger partial charge is 0.490 e. The number of carbonyl (C=O) groups excluding carboxylic acids is 2. The Morgan fingerprint density at radius 2 is 1.79 bits per heavy atom. The molecule has 4 N–H and O–H groups in total. The van der Waals surface area contributed by atoms with Crippen molar-refractivity contribution in [3.8, 4) is 23.0 Å². The third-order valence-electron chi connectivity index (χ3n) is 6.91. The first-order chi connectivity index (χ1) is 22.6. The van der Waals surface area contributed by atoms with Gasteiger partial charge in [-0.05, 0) is 91.2 Å². The second-order valence-electron chi connectivity index (χ2n) is 10.5. The molecule has 1 aliphatic heterocycles. The van der Waals surface area contributed by atoms with E-state index in [-0.39, 0.29) is 12.2 Å². The average molecular weight is 759 g/mol. The van der Waals surface area contributed by atoms with Gasteiger partial charge in [-0.3, -0.25) is 5.43 Å². The third-order valence-corrected chi connectivity index (χ3v) is 7.71. The smallest absolute Gasteiger partial charge is 0.337 e. The van der Waals surface area contributed by atoms with E-state index in [9.17, 15) is 14.7 Å². The van der Waals surface area contributed by atoms with Gasteiger partial charge in [0.05, 0.1) is 41.7 Å². The normalized spacial score (nSPS) is 15.0. The molecule has 0 bridgehead atoms. The summed E-state index contributed by atoms with van der Waals surface area (Å²) in [6.07, 6.45) is 0.420. The summed E-state index contributed by atoms with van der Waals surface area (Å²) in [5, 5.41) is 20.1. The van der Waals surface area contributed by atoms with Crippen LogP contribution in [0, 0.1) is 10.5 Å². The van der Waals surface area contributed by atoms with Crippen molar-refractivity contribution in [2.24, 2.45) is 5.10 Å². The zero-order valence-electron chi connectivity index (χ0n) is 26.9. The van der Waals surface area contributed by atoms with E-state index >= 15 is 0 Å². The van der Waals surface area contributed by atoms with E-state index in [1.165, 1.54) is 7.11 Å². The van der Waals surface area contributed by atoms with Crippen molar-refractivity contribution in [1.82, 2.24) is 16.1 Å². The minimum absolute atomic E-state index is 0.152. The highest BCUT2D eigenvalue weighted by Crippen LogP contribution is 2.36. The van der Waals surface area contributed by atoms with Gasteiger partial charge in [-0.15, -0.1) is 0 Å². The molecule has 4 rings (SSSR count). The van der Waals surface area contributed by atoms with Gasteiger partial charge in [-0.1, -0.05) is 35.9 Å². The number of hydrazone groups is 1. The van der Waals surface area contributed by atoms with Crippen LogP contribution in [-0.4, -0.2) is 56.5 Å². The van der Waals surface area contributed by atoms with Crippen molar-refractivity contribution in [1.29, 1.82) is 0 Å². The second-order valence-corrected chi connectivity index (χ2v) is 11.6. The Bertz CT molecular complexity index is 1640. The number of allylic oxidation sites excluding steroid dienone is 1. The Kier molecular flexibility index (Phi) is 12.7. The molecule has 13 heteroatoms. The van der Waals surface area contributed by atoms with E-state index in [0.717, 1.165) is 20.3 Å². The predicted octanol–water partition coefficient (Wildman–Crippen LogP) is 5.10. The standard InChI is InChI=1S/C34H39IN4O8/c1-6-44-27-16-24(31-30(33(41)43-5)21(4)37-34(42)38-31)11-12-26(27)46-19-29(40)39-36-17-23-14-25(35)32(28(15-23)45-7-2)47-18-22-10-8-9-20(3)13-22/h8-17,29,31,39-40H,6-7,18-19H2,1-5H3,(H2,37,38,42)/b36-17-/t29-,31+/m0/s1. The highest BCUT2D eigenvalue weighted by Gasteiger charge is 2.32. The Labute approximate surface area is 287 Å². The number of aliphatic hydroxyl groups excluding tert-OH is 1. The van der Waals surface area contributed by atoms with Crippen molar-refractivity contribution in [2.75, 3.05) is 26.9 Å². The van der Waals surface area contributed by atoms with Gasteiger partial charge >= 0.3 is 12.0 Å². The molecule has 0 spiro atoms. The van der Waals surface area contributed by atoms with Crippen LogP contribution < -0.4 is 35.0 Å². The summed E-state index contributed by atoms with van der Waals surface area (Å²) in [6.45, 7) is 8.45. The molecule has 0 aliphatic carbocycles. The van der Waals surface area contributed by atoms with Crippen LogP contribution in [0.15, 0.2) is 71.0 Å². The minimum atomic E-state index is -1.15. The number of aliphatic hydroxyl groups is 1. The number of aryl methyl sites for hydroxylation is 1. The highest BCUT2D eigenvalue weighted by atomic mass is 127. The van der Waals surface area contributed by atoms with Crippen LogP contribution in [0.25, 0.3) is 0 Å². The topological polar surface area (TPSA) is 149 Å². The van der Waals surface area contributed by atoms with Gasteiger partial charge in [-0.2, -0.15) is 5.10 Å². The predicted molar refractivity (Wildman–Crippen MR) is 185 cm³/mol. The lowest BCUT2D eigenvalue weighted by atomic mass is 9.95. The molecule has 2 atom stereocenters. The molecule has 0 saturated carbocycles. The zero-order valence-corrected chi connectivity index (χ0v) is 29.0. The number of esters is 1. The van der Waals surface area contributed by atoms with Crippen molar-refractivity contribution >= 4 is 40.8 Å². The van der Waals surface area contributed by atoms with Gasteiger partial charge in [0.1, 0.15) is 13.2 Å². The van der Waals surface area contributed by atoms with Gasteiger partial charge in [0, 0.05) is 5.70 Å². The molecule has 0 unspecified atom stereocenters. The first-order valence-electron chi connectivity index (χ1n) is 15.0. The minimum Gasteiger partial charge on any atom is -0.490 e. The van der Waals surface area contributed by atoms with Crippen LogP contribution in [0.2, 0.25) is 0 Å². The van der Waals surface area contributed by atoms with Crippen LogP contribution in [0.5, 0.6) is 23.0 Å². The Morgan fingerprint density at radius 1 is 1.02 bits per heavy atom. The molecule has 47 heavy (non-hydrogen) atoms. The molecule has 3 aromatic rings. The van der Waals surface area contributed by atoms with E-state index in [2.05, 4.69) is 49.8 Å². The molecule has 0 radical (unpaired) electrons. The maximum atomic E-state index is 12.5. The van der Waals surface area contributed by atoms with E-state index in [1.807, 2.05) is 51.1 Å². The molecule has 12 nitrogen and oxygen atoms in total. The molecule has 1 aliphatic rings. The molecule has 250 valence electrons. The van der Waals surface area contributed by atoms with Crippen molar-refractivity contribution in [3.63, 3.8) is 0 Å². The number of ether oxygens (including phenoxy) is 5. The Hall–Kier alpha value is -4.50. The lowest BCUT2D eigenvalue weighted by Crippen LogP contribution is -2.45. The summed E-state index contributed by atoms with van der Waals surface area (Å²) >= 11 is 2.20. The summed E-state index contributed by atoms with van der Waals surface area (Å²) in [5.41, 5.74) is 6.89. The number of rotatable bonds is 15. The molecule has 0 saturated heterocycles. The fraction of sp³-hybridized carbons (Fsp3) is 0.324. The van der Waals surface area contributed by atoms with E-state index in [1.54, 1.807) is 31.3 Å². The lowest BCUT2D eigenvalue weighted by molar-refractivity contribution is -0.136. The van der Waals surface area contributed by atoms with Gasteiger partial charge in [0.2, 0.25) is 0 Å².